The third-order valence-electron chi connectivity index (χ3n) is 0.686. The third kappa shape index (κ3) is 11.6. The van der Waals surface area contributed by atoms with Crippen molar-refractivity contribution in [3.05, 3.63) is 0 Å². The first-order valence-electron chi connectivity index (χ1n) is 2.37. The van der Waals surface area contributed by atoms with Crippen LogP contribution in [0.4, 0.5) is 0 Å². The summed E-state index contributed by atoms with van der Waals surface area (Å²) in [6, 6.07) is 0. The van der Waals surface area contributed by atoms with Gasteiger partial charge < -0.3 is 10.1 Å². The van der Waals surface area contributed by atoms with E-state index in [0.29, 0.717) is 0 Å². The van der Waals surface area contributed by atoms with Crippen LogP contribution in [0.3, 0.4) is 0 Å². The molecule has 0 aliphatic rings. The summed E-state index contributed by atoms with van der Waals surface area (Å²) < 4.78 is 17.4. The van der Waals surface area contributed by atoms with Crippen molar-refractivity contribution in [2.45, 2.75) is 0 Å². The van der Waals surface area contributed by atoms with Crippen LogP contribution < -0.4 is 5.32 Å². The van der Waals surface area contributed by atoms with Crippen LogP contribution in [0, 0.1) is 0 Å². The van der Waals surface area contributed by atoms with Crippen LogP contribution in [0.2, 0.25) is 0 Å². The average Bonchev–Trinajstić information content (AvgIpc) is 1.63. The van der Waals surface area contributed by atoms with E-state index in [0.717, 1.165) is 0 Å². The van der Waals surface area contributed by atoms with E-state index >= 15 is 0 Å². The molecule has 0 aromatic rings. The minimum atomic E-state index is -2.44. The zero-order chi connectivity index (χ0) is 7.33. The molecular weight excluding hydrogens is 231 g/mol. The molecule has 1 amide bonds. The van der Waals surface area contributed by atoms with Gasteiger partial charge in [0.1, 0.15) is 0 Å². The van der Waals surface area contributed by atoms with E-state index in [-0.39, 0.29) is 45.0 Å². The summed E-state index contributed by atoms with van der Waals surface area (Å²) in [7, 11) is -2.44. The van der Waals surface area contributed by atoms with Gasteiger partial charge in [-0.25, -0.2) is 0 Å². The molecule has 1 radical (unpaired) electrons. The summed E-state index contributed by atoms with van der Waals surface area (Å²) in [5, 5.41) is 2.20. The van der Waals surface area contributed by atoms with E-state index in [1.807, 2.05) is 0 Å². The fourth-order valence-electron chi connectivity index (χ4n) is 0.295. The molecule has 0 aliphatic heterocycles. The Hall–Kier alpha value is 0.844. The Bertz CT molecular complexity index is 95.0. The van der Waals surface area contributed by atoms with Crippen molar-refractivity contribution < 1.29 is 46.6 Å². The van der Waals surface area contributed by atoms with E-state index in [4.69, 9.17) is 9.11 Å². The van der Waals surface area contributed by atoms with Gasteiger partial charge in [0, 0.05) is 45.5 Å². The van der Waals surface area contributed by atoms with Crippen LogP contribution in [0.1, 0.15) is 0 Å². The molecule has 0 spiro atoms. The largest absolute Gasteiger partial charge is 0.529 e. The van der Waals surface area contributed by atoms with Gasteiger partial charge in [-0.05, 0) is 0 Å². The predicted octanol–water partition coefficient (Wildman–Crippen LogP) is 0.0211. The van der Waals surface area contributed by atoms with Crippen LogP contribution in [0.25, 0.3) is 0 Å². The first kappa shape index (κ1) is 13.4. The van der Waals surface area contributed by atoms with Crippen molar-refractivity contribution in [1.29, 1.82) is 0 Å². The molecule has 0 bridgehead atoms. The van der Waals surface area contributed by atoms with Gasteiger partial charge >= 0.3 is 0 Å². The van der Waals surface area contributed by atoms with Crippen molar-refractivity contribution in [3.8, 4) is 0 Å². The second-order valence-corrected chi connectivity index (χ2v) is 4.12. The molecule has 0 heterocycles. The molecule has 4 nitrogen and oxygen atoms in total. The SMILES string of the molecule is CS(O)(O)CCN[C-]=O.[Y]. The number of rotatable bonds is 4. The van der Waals surface area contributed by atoms with E-state index in [2.05, 4.69) is 5.32 Å². The monoisotopic (exact) mass is 241 g/mol. The van der Waals surface area contributed by atoms with E-state index in [1.54, 1.807) is 0 Å². The Morgan fingerprint density at radius 1 is 1.60 bits per heavy atom. The number of hydrogen-bond acceptors (Lipinski definition) is 3. The van der Waals surface area contributed by atoms with Crippen LogP contribution in [-0.4, -0.2) is 34.1 Å². The molecule has 0 saturated heterocycles. The summed E-state index contributed by atoms with van der Waals surface area (Å²) in [5.74, 6) is 0.197. The van der Waals surface area contributed by atoms with Gasteiger partial charge in [0.05, 0.1) is 5.75 Å². The minimum absolute atomic E-state index is 0. The number of nitrogens with one attached hydrogen (secondary N) is 1. The maximum Gasteiger partial charge on any atom is 0.0519 e. The number of amides is 1. The molecule has 0 saturated carbocycles. The molecular formula is C4H10NO3SY-. The Labute approximate surface area is 87.0 Å². The molecule has 0 unspecified atom stereocenters. The smallest absolute Gasteiger partial charge is 0.0519 e. The summed E-state index contributed by atoms with van der Waals surface area (Å²) >= 11 is 0. The summed E-state index contributed by atoms with van der Waals surface area (Å²) in [5.41, 5.74) is 0. The topological polar surface area (TPSA) is 69.6 Å². The first-order valence-corrected chi connectivity index (χ1v) is 4.49. The molecule has 0 aromatic carbocycles. The number of carbonyl (C=O) groups excluding carboxylic acids is 1. The summed E-state index contributed by atoms with van der Waals surface area (Å²) in [4.78, 5) is 9.50. The zero-order valence-corrected chi connectivity index (χ0v) is 9.36. The van der Waals surface area contributed by atoms with Gasteiger partial charge in [0.25, 0.3) is 0 Å². The normalized spacial score (nSPS) is 11.5. The molecule has 0 atom stereocenters. The van der Waals surface area contributed by atoms with Crippen molar-refractivity contribution in [3.63, 3.8) is 0 Å². The quantitative estimate of drug-likeness (QED) is 0.369. The minimum Gasteiger partial charge on any atom is -0.529 e. The molecule has 6 heteroatoms. The second-order valence-electron chi connectivity index (χ2n) is 1.73. The summed E-state index contributed by atoms with van der Waals surface area (Å²) in [6.07, 6.45) is 2.76. The molecule has 0 aliphatic carbocycles. The second kappa shape index (κ2) is 6.55. The molecule has 59 valence electrons. The van der Waals surface area contributed by atoms with E-state index in [9.17, 15) is 4.79 Å². The predicted molar refractivity (Wildman–Crippen MR) is 37.3 cm³/mol. The van der Waals surface area contributed by atoms with Crippen molar-refractivity contribution in [2.75, 3.05) is 18.6 Å². The van der Waals surface area contributed by atoms with Gasteiger partial charge in [0.2, 0.25) is 0 Å². The zero-order valence-electron chi connectivity index (χ0n) is 5.70. The van der Waals surface area contributed by atoms with Gasteiger partial charge in [0.15, 0.2) is 0 Å². The van der Waals surface area contributed by atoms with E-state index < -0.39 is 10.6 Å². The van der Waals surface area contributed by atoms with Crippen LogP contribution >= 0.6 is 10.6 Å². The Morgan fingerprint density at radius 3 is 2.40 bits per heavy atom. The number of hydrogen-bond donors (Lipinski definition) is 3. The van der Waals surface area contributed by atoms with E-state index in [1.165, 1.54) is 12.7 Å². The molecule has 10 heavy (non-hydrogen) atoms. The van der Waals surface area contributed by atoms with Crippen LogP contribution in [0.5, 0.6) is 0 Å². The first-order chi connectivity index (χ1) is 4.06. The van der Waals surface area contributed by atoms with Crippen LogP contribution in [0.15, 0.2) is 0 Å². The summed E-state index contributed by atoms with van der Waals surface area (Å²) in [6.45, 7) is 0.266. The van der Waals surface area contributed by atoms with Crippen molar-refractivity contribution >= 4 is 17.0 Å². The van der Waals surface area contributed by atoms with Gasteiger partial charge in [-0.15, -0.1) is 0 Å². The average molecular weight is 241 g/mol. The fourth-order valence-corrected chi connectivity index (χ4v) is 0.784. The maximum atomic E-state index is 9.50. The van der Waals surface area contributed by atoms with Gasteiger partial charge in [-0.2, -0.15) is 17.0 Å². The maximum absolute atomic E-state index is 9.50. The Morgan fingerprint density at radius 2 is 2.10 bits per heavy atom. The molecule has 0 rings (SSSR count). The Balaban J connectivity index is 0. The molecule has 0 aromatic heterocycles. The third-order valence-corrected chi connectivity index (χ3v) is 1.66. The Kier molecular flexibility index (Phi) is 8.80. The fraction of sp³-hybridized carbons (Fsp3) is 0.750. The standard InChI is InChI=1S/C4H10NO3S.Y/c1-9(7,8)3-2-5-4-6;/h7-8H,2-3H2,1H3,(H,5,6);/q-1;. The molecule has 3 N–H and O–H groups in total. The van der Waals surface area contributed by atoms with Crippen LogP contribution in [-0.2, 0) is 37.5 Å². The van der Waals surface area contributed by atoms with Crippen molar-refractivity contribution in [2.24, 2.45) is 0 Å². The molecule has 0 fully saturated rings. The van der Waals surface area contributed by atoms with Crippen molar-refractivity contribution in [1.82, 2.24) is 5.32 Å². The van der Waals surface area contributed by atoms with Gasteiger partial charge in [-0.3, -0.25) is 9.11 Å². The van der Waals surface area contributed by atoms with Gasteiger partial charge in [-0.1, -0.05) is 0 Å².